The number of ether oxygens (including phenoxy) is 1. The van der Waals surface area contributed by atoms with E-state index in [1.807, 2.05) is 20.8 Å². The lowest BCUT2D eigenvalue weighted by Crippen LogP contribution is -2.45. The van der Waals surface area contributed by atoms with E-state index in [-0.39, 0.29) is 18.6 Å². The number of aliphatic hydroxyl groups excluding tert-OH is 1. The van der Waals surface area contributed by atoms with E-state index in [0.29, 0.717) is 6.54 Å². The standard InChI is InChI=1S/C13H21NO3/c1-5-7-11(15)10-8-6-9-14(10)12(16)17-13(2,3)4/h1,10-11,15H,6-9H2,2-4H3/t10-,11-/m0/s1. The number of amides is 1. The highest BCUT2D eigenvalue weighted by molar-refractivity contribution is 5.69. The van der Waals surface area contributed by atoms with Crippen LogP contribution in [-0.4, -0.2) is 40.4 Å². The van der Waals surface area contributed by atoms with E-state index < -0.39 is 11.7 Å². The molecule has 0 bridgehead atoms. The minimum atomic E-state index is -0.657. The second kappa shape index (κ2) is 5.42. The Kier molecular flexibility index (Phi) is 4.41. The van der Waals surface area contributed by atoms with Gasteiger partial charge in [-0.3, -0.25) is 0 Å². The quantitative estimate of drug-likeness (QED) is 0.747. The summed E-state index contributed by atoms with van der Waals surface area (Å²) in [7, 11) is 0. The molecule has 4 heteroatoms. The zero-order chi connectivity index (χ0) is 13.1. The summed E-state index contributed by atoms with van der Waals surface area (Å²) in [6.45, 7) is 6.11. The predicted molar refractivity (Wildman–Crippen MR) is 65.4 cm³/mol. The van der Waals surface area contributed by atoms with Gasteiger partial charge in [0.2, 0.25) is 0 Å². The molecule has 2 atom stereocenters. The molecule has 4 nitrogen and oxygen atoms in total. The van der Waals surface area contributed by atoms with Gasteiger partial charge in [-0.05, 0) is 33.6 Å². The van der Waals surface area contributed by atoms with Crippen molar-refractivity contribution in [2.45, 2.75) is 57.8 Å². The molecule has 0 saturated carbocycles. The average molecular weight is 239 g/mol. The highest BCUT2D eigenvalue weighted by Gasteiger charge is 2.35. The van der Waals surface area contributed by atoms with Crippen molar-refractivity contribution < 1.29 is 14.6 Å². The first-order valence-corrected chi connectivity index (χ1v) is 5.96. The third kappa shape index (κ3) is 3.94. The van der Waals surface area contributed by atoms with Crippen LogP contribution >= 0.6 is 0 Å². The van der Waals surface area contributed by atoms with Gasteiger partial charge in [-0.2, -0.15) is 0 Å². The van der Waals surface area contributed by atoms with E-state index in [2.05, 4.69) is 5.92 Å². The molecule has 1 heterocycles. The molecule has 96 valence electrons. The van der Waals surface area contributed by atoms with E-state index in [0.717, 1.165) is 12.8 Å². The van der Waals surface area contributed by atoms with Gasteiger partial charge in [0.15, 0.2) is 0 Å². The second-order valence-corrected chi connectivity index (χ2v) is 5.36. The molecule has 0 aromatic heterocycles. The molecule has 0 unspecified atom stereocenters. The van der Waals surface area contributed by atoms with Gasteiger partial charge in [0.1, 0.15) is 5.60 Å². The minimum Gasteiger partial charge on any atom is -0.444 e. The van der Waals surface area contributed by atoms with Crippen LogP contribution in [0.4, 0.5) is 4.79 Å². The first-order valence-electron chi connectivity index (χ1n) is 5.96. The highest BCUT2D eigenvalue weighted by Crippen LogP contribution is 2.24. The van der Waals surface area contributed by atoms with E-state index in [1.165, 1.54) is 0 Å². The molecule has 0 aromatic rings. The lowest BCUT2D eigenvalue weighted by molar-refractivity contribution is 0.00609. The lowest BCUT2D eigenvalue weighted by atomic mass is 10.1. The maximum absolute atomic E-state index is 11.9. The van der Waals surface area contributed by atoms with E-state index in [1.54, 1.807) is 4.90 Å². The fraction of sp³-hybridized carbons (Fsp3) is 0.769. The topological polar surface area (TPSA) is 49.8 Å². The summed E-state index contributed by atoms with van der Waals surface area (Å²) >= 11 is 0. The highest BCUT2D eigenvalue weighted by atomic mass is 16.6. The smallest absolute Gasteiger partial charge is 0.410 e. The number of rotatable bonds is 2. The number of hydrogen-bond donors (Lipinski definition) is 1. The summed E-state index contributed by atoms with van der Waals surface area (Å²) in [6, 6.07) is -0.208. The van der Waals surface area contributed by atoms with Gasteiger partial charge in [0.05, 0.1) is 12.1 Å². The summed E-state index contributed by atoms with van der Waals surface area (Å²) in [5, 5.41) is 9.87. The minimum absolute atomic E-state index is 0.208. The number of aliphatic hydroxyl groups is 1. The van der Waals surface area contributed by atoms with Gasteiger partial charge < -0.3 is 14.7 Å². The van der Waals surface area contributed by atoms with Crippen molar-refractivity contribution >= 4 is 6.09 Å². The molecule has 1 aliphatic rings. The molecule has 1 rings (SSSR count). The normalized spacial score (nSPS) is 22.1. The van der Waals surface area contributed by atoms with Gasteiger partial charge >= 0.3 is 6.09 Å². The zero-order valence-corrected chi connectivity index (χ0v) is 10.8. The number of nitrogens with zero attached hydrogens (tertiary/aromatic N) is 1. The lowest BCUT2D eigenvalue weighted by Gasteiger charge is -2.30. The Morgan fingerprint density at radius 2 is 2.29 bits per heavy atom. The molecule has 17 heavy (non-hydrogen) atoms. The predicted octanol–water partition coefficient (Wildman–Crippen LogP) is 1.77. The van der Waals surface area contributed by atoms with Crippen LogP contribution < -0.4 is 0 Å². The Morgan fingerprint density at radius 1 is 1.65 bits per heavy atom. The SMILES string of the molecule is C#CC[C@H](O)[C@@H]1CCCN1C(=O)OC(C)(C)C. The third-order valence-electron chi connectivity index (χ3n) is 2.70. The van der Waals surface area contributed by atoms with Crippen molar-refractivity contribution in [1.82, 2.24) is 4.90 Å². The van der Waals surface area contributed by atoms with Crippen LogP contribution in [0, 0.1) is 12.3 Å². The third-order valence-corrected chi connectivity index (χ3v) is 2.70. The Morgan fingerprint density at radius 3 is 2.82 bits per heavy atom. The number of terminal acetylenes is 1. The summed E-state index contributed by atoms with van der Waals surface area (Å²) in [4.78, 5) is 13.5. The first kappa shape index (κ1) is 13.9. The van der Waals surface area contributed by atoms with Crippen LogP contribution in [0.5, 0.6) is 0 Å². The van der Waals surface area contributed by atoms with Crippen molar-refractivity contribution in [3.8, 4) is 12.3 Å². The first-order chi connectivity index (χ1) is 7.85. The van der Waals surface area contributed by atoms with Crippen LogP contribution in [-0.2, 0) is 4.74 Å². The maximum Gasteiger partial charge on any atom is 0.410 e. The van der Waals surface area contributed by atoms with Crippen LogP contribution in [0.15, 0.2) is 0 Å². The molecular formula is C13H21NO3. The molecular weight excluding hydrogens is 218 g/mol. The molecule has 0 aromatic carbocycles. The number of carbonyl (C=O) groups is 1. The summed E-state index contributed by atoms with van der Waals surface area (Å²) in [6.07, 6.45) is 6.08. The number of carbonyl (C=O) groups excluding carboxylic acids is 1. The monoisotopic (exact) mass is 239 g/mol. The average Bonchev–Trinajstić information content (AvgIpc) is 2.63. The van der Waals surface area contributed by atoms with Gasteiger partial charge in [-0.1, -0.05) is 0 Å². The van der Waals surface area contributed by atoms with Crippen molar-refractivity contribution in [1.29, 1.82) is 0 Å². The second-order valence-electron chi connectivity index (χ2n) is 5.36. The summed E-state index contributed by atoms with van der Waals surface area (Å²) < 4.78 is 5.30. The molecule has 0 spiro atoms. The summed E-state index contributed by atoms with van der Waals surface area (Å²) in [5.74, 6) is 2.42. The Labute approximate surface area is 103 Å². The Bertz CT molecular complexity index is 314. The van der Waals surface area contributed by atoms with Crippen LogP contribution in [0.25, 0.3) is 0 Å². The molecule has 1 amide bonds. The fourth-order valence-corrected chi connectivity index (χ4v) is 2.00. The van der Waals surface area contributed by atoms with Gasteiger partial charge in [-0.15, -0.1) is 12.3 Å². The molecule has 1 N–H and O–H groups in total. The van der Waals surface area contributed by atoms with Crippen molar-refractivity contribution in [3.63, 3.8) is 0 Å². The van der Waals surface area contributed by atoms with Crippen molar-refractivity contribution in [2.24, 2.45) is 0 Å². The van der Waals surface area contributed by atoms with E-state index >= 15 is 0 Å². The summed E-state index contributed by atoms with van der Waals surface area (Å²) in [5.41, 5.74) is -0.513. The fourth-order valence-electron chi connectivity index (χ4n) is 2.00. The van der Waals surface area contributed by atoms with Crippen molar-refractivity contribution in [2.75, 3.05) is 6.54 Å². The van der Waals surface area contributed by atoms with Crippen molar-refractivity contribution in [3.05, 3.63) is 0 Å². The van der Waals surface area contributed by atoms with E-state index in [4.69, 9.17) is 11.2 Å². The zero-order valence-electron chi connectivity index (χ0n) is 10.8. The Hall–Kier alpha value is -1.21. The van der Waals surface area contributed by atoms with Gasteiger partial charge in [0.25, 0.3) is 0 Å². The molecule has 0 radical (unpaired) electrons. The number of likely N-dealkylation sites (tertiary alicyclic amines) is 1. The van der Waals surface area contributed by atoms with Crippen LogP contribution in [0.3, 0.4) is 0 Å². The molecule has 1 aliphatic heterocycles. The van der Waals surface area contributed by atoms with Gasteiger partial charge in [0, 0.05) is 13.0 Å². The van der Waals surface area contributed by atoms with Crippen LogP contribution in [0.1, 0.15) is 40.0 Å². The van der Waals surface area contributed by atoms with E-state index in [9.17, 15) is 9.90 Å². The Balaban J connectivity index is 2.63. The largest absolute Gasteiger partial charge is 0.444 e. The van der Waals surface area contributed by atoms with Crippen LogP contribution in [0.2, 0.25) is 0 Å². The van der Waals surface area contributed by atoms with Gasteiger partial charge in [-0.25, -0.2) is 4.79 Å². The molecule has 1 fully saturated rings. The molecule has 1 saturated heterocycles. The number of hydrogen-bond acceptors (Lipinski definition) is 3. The maximum atomic E-state index is 11.9. The molecule has 0 aliphatic carbocycles.